The van der Waals surface area contributed by atoms with Crippen LogP contribution in [-0.2, 0) is 6.18 Å². The molecule has 2 rings (SSSR count). The SMILES string of the molecule is Cc1cc(F)cc(NC(=S)c2snnc2C(F)(F)F)c1. The molecule has 0 bridgehead atoms. The molecule has 1 N–H and O–H groups in total. The summed E-state index contributed by atoms with van der Waals surface area (Å²) in [4.78, 5) is -0.494. The minimum atomic E-state index is -4.63. The maximum Gasteiger partial charge on any atom is 0.436 e. The van der Waals surface area contributed by atoms with E-state index in [1.165, 1.54) is 6.07 Å². The fourth-order valence-electron chi connectivity index (χ4n) is 1.52. The number of nitrogens with one attached hydrogen (secondary N) is 1. The number of rotatable bonds is 2. The quantitative estimate of drug-likeness (QED) is 0.674. The molecule has 2 aromatic rings. The number of anilines is 1. The maximum atomic E-state index is 13.2. The molecule has 0 aliphatic carbocycles. The molecule has 0 atom stereocenters. The number of hydrogen-bond donors (Lipinski definition) is 1. The van der Waals surface area contributed by atoms with Gasteiger partial charge in [0.05, 0.1) is 0 Å². The first-order valence-electron chi connectivity index (χ1n) is 5.25. The van der Waals surface area contributed by atoms with E-state index in [2.05, 4.69) is 14.9 Å². The van der Waals surface area contributed by atoms with Crippen molar-refractivity contribution in [3.05, 3.63) is 40.2 Å². The van der Waals surface area contributed by atoms with Gasteiger partial charge in [0, 0.05) is 5.69 Å². The van der Waals surface area contributed by atoms with Crippen LogP contribution in [-0.4, -0.2) is 14.6 Å². The molecule has 0 saturated carbocycles. The summed E-state index contributed by atoms with van der Waals surface area (Å²) < 4.78 is 54.5. The highest BCUT2D eigenvalue weighted by Crippen LogP contribution is 2.32. The number of benzene rings is 1. The Balaban J connectivity index is 2.27. The zero-order chi connectivity index (χ0) is 14.9. The topological polar surface area (TPSA) is 37.8 Å². The Kier molecular flexibility index (Phi) is 4.00. The van der Waals surface area contributed by atoms with Crippen LogP contribution in [0.25, 0.3) is 0 Å². The molecule has 1 aromatic carbocycles. The predicted molar refractivity (Wildman–Crippen MR) is 71.4 cm³/mol. The van der Waals surface area contributed by atoms with E-state index in [0.29, 0.717) is 17.1 Å². The predicted octanol–water partition coefficient (Wildman–Crippen LogP) is 3.79. The van der Waals surface area contributed by atoms with Crippen molar-refractivity contribution >= 4 is 34.4 Å². The lowest BCUT2D eigenvalue weighted by Gasteiger charge is -2.09. The monoisotopic (exact) mass is 321 g/mol. The Labute approximate surface area is 120 Å². The van der Waals surface area contributed by atoms with Gasteiger partial charge in [-0.1, -0.05) is 16.7 Å². The number of halogens is 4. The minimum absolute atomic E-state index is 0.197. The van der Waals surface area contributed by atoms with Gasteiger partial charge < -0.3 is 5.32 Å². The van der Waals surface area contributed by atoms with Crippen LogP contribution in [0, 0.1) is 12.7 Å². The van der Waals surface area contributed by atoms with Gasteiger partial charge in [-0.25, -0.2) is 4.39 Å². The molecule has 1 aromatic heterocycles. The molecule has 1 heterocycles. The molecule has 0 aliphatic rings. The van der Waals surface area contributed by atoms with Crippen LogP contribution < -0.4 is 5.32 Å². The summed E-state index contributed by atoms with van der Waals surface area (Å²) in [5.74, 6) is -0.506. The Morgan fingerprint density at radius 2 is 2.00 bits per heavy atom. The number of thiocarbonyl (C=S) groups is 1. The van der Waals surface area contributed by atoms with Gasteiger partial charge in [-0.3, -0.25) is 0 Å². The summed E-state index contributed by atoms with van der Waals surface area (Å²) >= 11 is 5.43. The van der Waals surface area contributed by atoms with Crippen molar-refractivity contribution in [2.45, 2.75) is 13.1 Å². The summed E-state index contributed by atoms with van der Waals surface area (Å²) in [6.45, 7) is 1.66. The molecule has 20 heavy (non-hydrogen) atoms. The van der Waals surface area contributed by atoms with Crippen molar-refractivity contribution in [1.82, 2.24) is 9.59 Å². The van der Waals surface area contributed by atoms with Gasteiger partial charge in [-0.2, -0.15) is 13.2 Å². The van der Waals surface area contributed by atoms with Crippen LogP contribution in [0.2, 0.25) is 0 Å². The van der Waals surface area contributed by atoms with Crippen LogP contribution >= 0.6 is 23.8 Å². The Morgan fingerprint density at radius 1 is 1.30 bits per heavy atom. The van der Waals surface area contributed by atoms with Gasteiger partial charge in [-0.15, -0.1) is 5.10 Å². The highest BCUT2D eigenvalue weighted by Gasteiger charge is 2.38. The molecular weight excluding hydrogens is 314 g/mol. The van der Waals surface area contributed by atoms with Crippen molar-refractivity contribution in [2.24, 2.45) is 0 Å². The molecule has 0 radical (unpaired) electrons. The number of aromatic nitrogens is 2. The first-order valence-corrected chi connectivity index (χ1v) is 6.43. The lowest BCUT2D eigenvalue weighted by atomic mass is 10.2. The van der Waals surface area contributed by atoms with Crippen LogP contribution in [0.5, 0.6) is 0 Å². The third-order valence-corrected chi connectivity index (χ3v) is 3.44. The third-order valence-electron chi connectivity index (χ3n) is 2.26. The van der Waals surface area contributed by atoms with Gasteiger partial charge in [0.25, 0.3) is 0 Å². The first kappa shape index (κ1) is 14.8. The Hall–Kier alpha value is -1.61. The average Bonchev–Trinajstić information content (AvgIpc) is 2.75. The van der Waals surface area contributed by atoms with Crippen molar-refractivity contribution < 1.29 is 17.6 Å². The van der Waals surface area contributed by atoms with Crippen molar-refractivity contribution in [2.75, 3.05) is 5.32 Å². The zero-order valence-corrected chi connectivity index (χ0v) is 11.6. The summed E-state index contributed by atoms with van der Waals surface area (Å²) in [5.41, 5.74) is -0.254. The normalized spacial score (nSPS) is 11.4. The number of aryl methyl sites for hydroxylation is 1. The third kappa shape index (κ3) is 3.28. The van der Waals surface area contributed by atoms with Gasteiger partial charge in [0.15, 0.2) is 5.69 Å². The summed E-state index contributed by atoms with van der Waals surface area (Å²) in [7, 11) is 0. The number of nitrogens with zero attached hydrogens (tertiary/aromatic N) is 2. The van der Waals surface area contributed by atoms with Gasteiger partial charge in [0.1, 0.15) is 15.7 Å². The van der Waals surface area contributed by atoms with Crippen LogP contribution in [0.3, 0.4) is 0 Å². The molecule has 0 saturated heterocycles. The van der Waals surface area contributed by atoms with E-state index in [1.807, 2.05) is 0 Å². The fourth-order valence-corrected chi connectivity index (χ4v) is 2.43. The van der Waals surface area contributed by atoms with Gasteiger partial charge in [-0.05, 0) is 42.2 Å². The van der Waals surface area contributed by atoms with Gasteiger partial charge in [0.2, 0.25) is 0 Å². The van der Waals surface area contributed by atoms with Crippen molar-refractivity contribution in [3.63, 3.8) is 0 Å². The lowest BCUT2D eigenvalue weighted by Crippen LogP contribution is -2.16. The average molecular weight is 321 g/mol. The van der Waals surface area contributed by atoms with E-state index < -0.39 is 17.7 Å². The van der Waals surface area contributed by atoms with E-state index in [9.17, 15) is 17.6 Å². The molecular formula is C11H7F4N3S2. The fraction of sp³-hybridized carbons (Fsp3) is 0.182. The number of hydrogen-bond acceptors (Lipinski definition) is 4. The minimum Gasteiger partial charge on any atom is -0.345 e. The molecule has 0 unspecified atom stereocenters. The van der Waals surface area contributed by atoms with E-state index in [0.717, 1.165) is 6.07 Å². The smallest absolute Gasteiger partial charge is 0.345 e. The Morgan fingerprint density at radius 3 is 2.60 bits per heavy atom. The largest absolute Gasteiger partial charge is 0.436 e. The van der Waals surface area contributed by atoms with E-state index >= 15 is 0 Å². The molecule has 0 fully saturated rings. The summed E-state index contributed by atoms with van der Waals surface area (Å²) in [6.07, 6.45) is -4.63. The number of alkyl halides is 3. The molecule has 9 heteroatoms. The van der Waals surface area contributed by atoms with Crippen molar-refractivity contribution in [1.29, 1.82) is 0 Å². The second kappa shape index (κ2) is 5.41. The van der Waals surface area contributed by atoms with Gasteiger partial charge >= 0.3 is 6.18 Å². The molecule has 3 nitrogen and oxygen atoms in total. The standard InChI is InChI=1S/C11H7F4N3S2/c1-5-2-6(12)4-7(3-5)16-10(19)8-9(11(13,14)15)17-18-20-8/h2-4H,1H3,(H,16,19). The lowest BCUT2D eigenvalue weighted by molar-refractivity contribution is -0.141. The maximum absolute atomic E-state index is 13.2. The van der Waals surface area contributed by atoms with E-state index in [-0.39, 0.29) is 15.6 Å². The molecule has 0 aliphatic heterocycles. The zero-order valence-electron chi connectivity index (χ0n) is 9.95. The second-order valence-corrected chi connectivity index (χ2v) is 5.08. The summed E-state index contributed by atoms with van der Waals surface area (Å²) in [5, 5.41) is 5.59. The van der Waals surface area contributed by atoms with E-state index in [4.69, 9.17) is 12.2 Å². The highest BCUT2D eigenvalue weighted by molar-refractivity contribution is 7.81. The van der Waals surface area contributed by atoms with E-state index in [1.54, 1.807) is 13.0 Å². The first-order chi connectivity index (χ1) is 9.27. The Bertz CT molecular complexity index is 631. The summed E-state index contributed by atoms with van der Waals surface area (Å²) in [6, 6.07) is 4.00. The molecule has 106 valence electrons. The highest BCUT2D eigenvalue weighted by atomic mass is 32.1. The van der Waals surface area contributed by atoms with Crippen LogP contribution in [0.1, 0.15) is 16.1 Å². The molecule has 0 spiro atoms. The molecule has 0 amide bonds. The van der Waals surface area contributed by atoms with Crippen LogP contribution in [0.4, 0.5) is 23.2 Å². The van der Waals surface area contributed by atoms with Crippen LogP contribution in [0.15, 0.2) is 18.2 Å². The van der Waals surface area contributed by atoms with Crippen molar-refractivity contribution in [3.8, 4) is 0 Å². The second-order valence-electron chi connectivity index (χ2n) is 3.92.